The van der Waals surface area contributed by atoms with Crippen molar-refractivity contribution in [2.75, 3.05) is 47.5 Å². The number of ether oxygens (including phenoxy) is 2. The number of aliphatic hydroxyl groups is 3. The van der Waals surface area contributed by atoms with Gasteiger partial charge in [0.1, 0.15) is 19.8 Å². The summed E-state index contributed by atoms with van der Waals surface area (Å²) >= 11 is 0. The molecule has 1 aliphatic carbocycles. The number of unbranched alkanes of at least 4 members (excludes halogenated alkanes) is 11. The van der Waals surface area contributed by atoms with Crippen LogP contribution in [0.15, 0.2) is 48.6 Å². The zero-order valence-corrected chi connectivity index (χ0v) is 38.2. The molecule has 342 valence electrons. The summed E-state index contributed by atoms with van der Waals surface area (Å²) in [5.74, 6) is -1.45. The molecule has 3 N–H and O–H groups in total. The van der Waals surface area contributed by atoms with E-state index >= 15 is 0 Å². The van der Waals surface area contributed by atoms with E-state index in [1.807, 2.05) is 39.4 Å². The lowest BCUT2D eigenvalue weighted by molar-refractivity contribution is -0.870. The minimum absolute atomic E-state index is 0.0743. The van der Waals surface area contributed by atoms with E-state index in [0.29, 0.717) is 49.6 Å². The zero-order chi connectivity index (χ0) is 43.8. The lowest BCUT2D eigenvalue weighted by Crippen LogP contribution is -2.37. The van der Waals surface area contributed by atoms with Crippen molar-refractivity contribution in [3.05, 3.63) is 48.6 Å². The third kappa shape index (κ3) is 30.5. The van der Waals surface area contributed by atoms with E-state index in [1.54, 1.807) is 6.08 Å². The van der Waals surface area contributed by atoms with Crippen molar-refractivity contribution >= 4 is 19.8 Å². The third-order valence-electron chi connectivity index (χ3n) is 10.4. The smallest absolute Gasteiger partial charge is 0.306 e. The minimum atomic E-state index is -4.69. The van der Waals surface area contributed by atoms with Crippen LogP contribution in [0, 0.1) is 11.8 Å². The van der Waals surface area contributed by atoms with Crippen LogP contribution in [0.2, 0.25) is 0 Å². The highest BCUT2D eigenvalue weighted by atomic mass is 31.2. The second kappa shape index (κ2) is 33.5. The molecule has 0 aromatic heterocycles. The molecule has 1 aliphatic rings. The van der Waals surface area contributed by atoms with Crippen LogP contribution in [0.4, 0.5) is 0 Å². The van der Waals surface area contributed by atoms with Gasteiger partial charge in [-0.05, 0) is 70.1 Å². The summed E-state index contributed by atoms with van der Waals surface area (Å²) in [4.78, 5) is 37.7. The molecular weight excluding hydrogens is 773 g/mol. The SMILES string of the molecule is CCCCC/C=C\C/C=C\CCCCCCCC(=O)O[C@H](COC(=O)CCC/C=C/C[C@@H]1[C@@H](/C=C/[C@@H](O)CCCCC)[C@H](O)C[C@@H]1O)COP(=O)([O-])OCC[N+](C)(C)C. The Labute approximate surface area is 357 Å². The fourth-order valence-corrected chi connectivity index (χ4v) is 7.46. The molecule has 0 amide bonds. The zero-order valence-electron chi connectivity index (χ0n) is 37.3. The molecule has 0 aromatic carbocycles. The molecule has 12 nitrogen and oxygen atoms in total. The molecule has 0 heterocycles. The van der Waals surface area contributed by atoms with Crippen molar-refractivity contribution in [2.45, 2.75) is 173 Å². The fourth-order valence-electron chi connectivity index (χ4n) is 6.74. The van der Waals surface area contributed by atoms with Gasteiger partial charge in [0, 0.05) is 25.2 Å². The van der Waals surface area contributed by atoms with Crippen molar-refractivity contribution in [2.24, 2.45) is 11.8 Å². The number of quaternary nitrogens is 1. The van der Waals surface area contributed by atoms with E-state index in [-0.39, 0.29) is 37.9 Å². The number of phosphoric acid groups is 1. The molecular formula is C46H82NO11P. The molecule has 59 heavy (non-hydrogen) atoms. The normalized spacial score (nSPS) is 20.9. The maximum Gasteiger partial charge on any atom is 0.306 e. The Morgan fingerprint density at radius 1 is 0.763 bits per heavy atom. The van der Waals surface area contributed by atoms with Crippen molar-refractivity contribution in [1.82, 2.24) is 0 Å². The quantitative estimate of drug-likeness (QED) is 0.0182. The van der Waals surface area contributed by atoms with Crippen molar-refractivity contribution < 1.29 is 57.4 Å². The van der Waals surface area contributed by atoms with Gasteiger partial charge in [-0.15, -0.1) is 0 Å². The Hall–Kier alpha value is -2.15. The number of rotatable bonds is 36. The molecule has 0 aromatic rings. The van der Waals surface area contributed by atoms with Gasteiger partial charge in [-0.2, -0.15) is 0 Å². The number of aliphatic hydroxyl groups excluding tert-OH is 3. The highest BCUT2D eigenvalue weighted by Gasteiger charge is 2.39. The van der Waals surface area contributed by atoms with Crippen LogP contribution in [0.5, 0.6) is 0 Å². The van der Waals surface area contributed by atoms with Gasteiger partial charge >= 0.3 is 11.9 Å². The third-order valence-corrected chi connectivity index (χ3v) is 11.4. The Morgan fingerprint density at radius 3 is 2.07 bits per heavy atom. The van der Waals surface area contributed by atoms with Gasteiger partial charge in [0.2, 0.25) is 0 Å². The van der Waals surface area contributed by atoms with Gasteiger partial charge in [0.15, 0.2) is 6.10 Å². The lowest BCUT2D eigenvalue weighted by Gasteiger charge is -2.28. The Balaban J connectivity index is 2.51. The summed E-state index contributed by atoms with van der Waals surface area (Å²) in [6.45, 7) is 3.79. The summed E-state index contributed by atoms with van der Waals surface area (Å²) in [7, 11) is 1.02. The number of carbonyl (C=O) groups excluding carboxylic acids is 2. The minimum Gasteiger partial charge on any atom is -0.756 e. The monoisotopic (exact) mass is 856 g/mol. The van der Waals surface area contributed by atoms with E-state index in [1.165, 1.54) is 19.3 Å². The van der Waals surface area contributed by atoms with Gasteiger partial charge < -0.3 is 43.2 Å². The van der Waals surface area contributed by atoms with Gasteiger partial charge in [0.05, 0.1) is 46.1 Å². The van der Waals surface area contributed by atoms with Gasteiger partial charge in [-0.3, -0.25) is 14.2 Å². The average molecular weight is 856 g/mol. The molecule has 1 saturated carbocycles. The highest BCUT2D eigenvalue weighted by Crippen LogP contribution is 2.38. The largest absolute Gasteiger partial charge is 0.756 e. The first-order valence-electron chi connectivity index (χ1n) is 22.6. The van der Waals surface area contributed by atoms with Crippen molar-refractivity contribution in [3.63, 3.8) is 0 Å². The number of nitrogens with zero attached hydrogens (tertiary/aromatic N) is 1. The molecule has 1 rings (SSSR count). The molecule has 7 atom stereocenters. The van der Waals surface area contributed by atoms with Crippen LogP contribution in [0.3, 0.4) is 0 Å². The van der Waals surface area contributed by atoms with Crippen LogP contribution in [0.25, 0.3) is 0 Å². The van der Waals surface area contributed by atoms with Crippen LogP contribution < -0.4 is 4.89 Å². The lowest BCUT2D eigenvalue weighted by atomic mass is 9.89. The number of likely N-dealkylation sites (N-methyl/N-ethyl adjacent to an activating group) is 1. The number of phosphoric ester groups is 1. The number of allylic oxidation sites excluding steroid dienone is 6. The molecule has 0 spiro atoms. The summed E-state index contributed by atoms with van der Waals surface area (Å²) < 4.78 is 33.8. The number of hydrogen-bond acceptors (Lipinski definition) is 11. The second-order valence-corrected chi connectivity index (χ2v) is 18.4. The topological polar surface area (TPSA) is 172 Å². The predicted molar refractivity (Wildman–Crippen MR) is 233 cm³/mol. The first kappa shape index (κ1) is 54.9. The molecule has 0 radical (unpaired) electrons. The summed E-state index contributed by atoms with van der Waals surface area (Å²) in [5, 5.41) is 31.3. The van der Waals surface area contributed by atoms with E-state index in [0.717, 1.165) is 64.2 Å². The van der Waals surface area contributed by atoms with Crippen molar-refractivity contribution in [1.29, 1.82) is 0 Å². The molecule has 0 saturated heterocycles. The summed E-state index contributed by atoms with van der Waals surface area (Å²) in [5.41, 5.74) is 0. The predicted octanol–water partition coefficient (Wildman–Crippen LogP) is 8.43. The number of hydrogen-bond donors (Lipinski definition) is 3. The van der Waals surface area contributed by atoms with Crippen LogP contribution in [0.1, 0.15) is 149 Å². The second-order valence-electron chi connectivity index (χ2n) is 17.0. The maximum absolute atomic E-state index is 12.7. The van der Waals surface area contributed by atoms with E-state index < -0.39 is 50.8 Å². The summed E-state index contributed by atoms with van der Waals surface area (Å²) in [6, 6.07) is 0. The maximum atomic E-state index is 12.7. The van der Waals surface area contributed by atoms with Crippen molar-refractivity contribution in [3.8, 4) is 0 Å². The fraction of sp³-hybridized carbons (Fsp3) is 0.783. The molecule has 0 bridgehead atoms. The summed E-state index contributed by atoms with van der Waals surface area (Å²) in [6.07, 6.45) is 30.9. The van der Waals surface area contributed by atoms with Gasteiger partial charge in [-0.1, -0.05) is 114 Å². The Kier molecular flexibility index (Phi) is 31.1. The molecule has 1 unspecified atom stereocenters. The van der Waals surface area contributed by atoms with Crippen LogP contribution >= 0.6 is 7.82 Å². The Bertz CT molecular complexity index is 1260. The molecule has 1 fully saturated rings. The number of esters is 2. The first-order chi connectivity index (χ1) is 28.2. The van der Waals surface area contributed by atoms with E-state index in [4.69, 9.17) is 18.5 Å². The van der Waals surface area contributed by atoms with Crippen LogP contribution in [-0.2, 0) is 32.7 Å². The van der Waals surface area contributed by atoms with E-state index in [9.17, 15) is 34.4 Å². The van der Waals surface area contributed by atoms with Gasteiger partial charge in [-0.25, -0.2) is 0 Å². The molecule has 13 heteroatoms. The van der Waals surface area contributed by atoms with E-state index in [2.05, 4.69) is 38.2 Å². The highest BCUT2D eigenvalue weighted by molar-refractivity contribution is 7.45. The molecule has 0 aliphatic heterocycles. The van der Waals surface area contributed by atoms with Crippen LogP contribution in [-0.4, -0.2) is 104 Å². The standard InChI is InChI=1S/C46H82NO11P/c1-6-8-10-11-12-13-14-15-16-17-18-19-20-21-27-31-46(52)58-40(38-57-59(53,54)56-35-34-47(3,4)5)37-55-45(51)30-26-23-22-25-29-41-42(44(50)36-43(41)49)33-32-39(48)28-24-9-7-2/h12-13,15-16,22,25,32-33,39-44,48-50H,6-11,14,17-21,23-24,26-31,34-38H2,1-5H3/b13-12-,16-15-,25-22+,33-32+/t39-,40+,41+,42+,43-,44+/m0/s1. The Morgan fingerprint density at radius 2 is 1.37 bits per heavy atom. The first-order valence-corrected chi connectivity index (χ1v) is 24.1. The number of carbonyl (C=O) groups is 2. The van der Waals surface area contributed by atoms with Gasteiger partial charge in [0.25, 0.3) is 7.82 Å². The average Bonchev–Trinajstić information content (AvgIpc) is 3.44.